The number of anilines is 2. The molecule has 0 spiro atoms. The molecule has 2 aliphatic rings. The van der Waals surface area contributed by atoms with Gasteiger partial charge in [0.05, 0.1) is 17.1 Å². The third-order valence-electron chi connectivity index (χ3n) is 10.9. The van der Waals surface area contributed by atoms with Crippen LogP contribution in [0.1, 0.15) is 29.0 Å². The number of benzene rings is 7. The molecule has 0 N–H and O–H groups in total. The Labute approximate surface area is 287 Å². The van der Waals surface area contributed by atoms with Crippen molar-refractivity contribution in [3.8, 4) is 22.4 Å². The van der Waals surface area contributed by atoms with Gasteiger partial charge in [0, 0.05) is 37.2 Å². The van der Waals surface area contributed by atoms with Crippen LogP contribution in [0.15, 0.2) is 152 Å². The highest BCUT2D eigenvalue weighted by molar-refractivity contribution is 7.21. The van der Waals surface area contributed by atoms with Gasteiger partial charge in [0.2, 0.25) is 0 Å². The van der Waals surface area contributed by atoms with E-state index in [1.165, 1.54) is 64.4 Å². The Morgan fingerprint density at radius 2 is 1.27 bits per heavy atom. The maximum atomic E-state index is 5.54. The van der Waals surface area contributed by atoms with Crippen LogP contribution in [0.25, 0.3) is 65.0 Å². The zero-order valence-corrected chi connectivity index (χ0v) is 27.6. The monoisotopic (exact) mass is 643 g/mol. The van der Waals surface area contributed by atoms with E-state index in [0.29, 0.717) is 0 Å². The summed E-state index contributed by atoms with van der Waals surface area (Å²) in [6.07, 6.45) is 0. The van der Waals surface area contributed by atoms with Crippen molar-refractivity contribution in [2.24, 2.45) is 0 Å². The molecule has 3 heterocycles. The Bertz CT molecular complexity index is 2830. The van der Waals surface area contributed by atoms with Crippen molar-refractivity contribution in [2.75, 3.05) is 4.90 Å². The van der Waals surface area contributed by atoms with Gasteiger partial charge in [-0.1, -0.05) is 127 Å². The summed E-state index contributed by atoms with van der Waals surface area (Å²) in [6, 6.07) is 55.0. The highest BCUT2D eigenvalue weighted by Gasteiger charge is 2.55. The van der Waals surface area contributed by atoms with E-state index in [-0.39, 0.29) is 11.5 Å². The lowest BCUT2D eigenvalue weighted by atomic mass is 9.66. The molecular formula is C45H29N3S. The molecular weight excluding hydrogens is 615 g/mol. The normalized spacial score (nSPS) is 17.7. The second kappa shape index (κ2) is 9.85. The van der Waals surface area contributed by atoms with Crippen molar-refractivity contribution < 1.29 is 0 Å². The molecule has 0 amide bonds. The first-order valence-corrected chi connectivity index (χ1v) is 17.7. The van der Waals surface area contributed by atoms with Crippen LogP contribution >= 0.6 is 11.3 Å². The molecule has 0 bridgehead atoms. The molecule has 0 saturated heterocycles. The number of rotatable bonds is 2. The van der Waals surface area contributed by atoms with Gasteiger partial charge in [-0.05, 0) is 69.4 Å². The number of hydrogen-bond acceptors (Lipinski definition) is 4. The summed E-state index contributed by atoms with van der Waals surface area (Å²) < 4.78 is 1.34. The maximum absolute atomic E-state index is 5.54. The molecule has 9 aromatic rings. The fourth-order valence-corrected chi connectivity index (χ4v) is 10.3. The molecule has 230 valence electrons. The molecule has 49 heavy (non-hydrogen) atoms. The van der Waals surface area contributed by atoms with Gasteiger partial charge in [-0.3, -0.25) is 0 Å². The SMILES string of the molecule is CC12c3ccccc3-c3c(sc4c3ccc3ccccc34)C1N(c1nc3ccccc3nc1-c1ccc3ccccc3c1)c1ccccc12. The number of aromatic nitrogens is 2. The zero-order chi connectivity index (χ0) is 32.3. The standard InChI is InChI=1S/C45H29N3S/c1-45-34-17-7-6-16-32(34)39-33-25-24-28-13-4-5-15-31(28)41(33)49-42(39)43(45)48(38-21-11-8-18-35(38)45)44-40(46-36-19-9-10-20-37(36)47-44)30-23-22-27-12-2-3-14-29(27)26-30/h2-26,43H,1H3. The van der Waals surface area contributed by atoms with Crippen LogP contribution in [-0.2, 0) is 5.41 Å². The van der Waals surface area contributed by atoms with Crippen molar-refractivity contribution in [3.63, 3.8) is 0 Å². The predicted octanol–water partition coefficient (Wildman–Crippen LogP) is 12.0. The molecule has 0 fully saturated rings. The van der Waals surface area contributed by atoms with Gasteiger partial charge in [0.15, 0.2) is 5.82 Å². The highest BCUT2D eigenvalue weighted by Crippen LogP contribution is 2.66. The van der Waals surface area contributed by atoms with E-state index in [4.69, 9.17) is 9.97 Å². The molecule has 1 aliphatic heterocycles. The summed E-state index contributed by atoms with van der Waals surface area (Å²) >= 11 is 1.95. The number of fused-ring (bicyclic) bond motifs is 14. The van der Waals surface area contributed by atoms with E-state index in [0.717, 1.165) is 28.1 Å². The van der Waals surface area contributed by atoms with Crippen molar-refractivity contribution in [1.82, 2.24) is 9.97 Å². The smallest absolute Gasteiger partial charge is 0.161 e. The van der Waals surface area contributed by atoms with Gasteiger partial charge >= 0.3 is 0 Å². The fraction of sp³-hybridized carbons (Fsp3) is 0.0667. The van der Waals surface area contributed by atoms with Gasteiger partial charge in [0.1, 0.15) is 5.69 Å². The van der Waals surface area contributed by atoms with E-state index in [9.17, 15) is 0 Å². The minimum Gasteiger partial charge on any atom is -0.315 e. The van der Waals surface area contributed by atoms with Crippen LogP contribution in [0.5, 0.6) is 0 Å². The molecule has 2 atom stereocenters. The second-order valence-electron chi connectivity index (χ2n) is 13.5. The van der Waals surface area contributed by atoms with Gasteiger partial charge in [-0.2, -0.15) is 0 Å². The molecule has 0 radical (unpaired) electrons. The molecule has 3 nitrogen and oxygen atoms in total. The molecule has 11 rings (SSSR count). The first-order chi connectivity index (χ1) is 24.2. The summed E-state index contributed by atoms with van der Waals surface area (Å²) in [7, 11) is 0. The van der Waals surface area contributed by atoms with Crippen molar-refractivity contribution in [1.29, 1.82) is 0 Å². The molecule has 1 aliphatic carbocycles. The number of para-hydroxylation sites is 3. The first kappa shape index (κ1) is 27.1. The zero-order valence-electron chi connectivity index (χ0n) is 26.8. The van der Waals surface area contributed by atoms with Crippen molar-refractivity contribution in [3.05, 3.63) is 168 Å². The summed E-state index contributed by atoms with van der Waals surface area (Å²) in [4.78, 5) is 14.9. The van der Waals surface area contributed by atoms with Crippen molar-refractivity contribution in [2.45, 2.75) is 18.4 Å². The quantitative estimate of drug-likeness (QED) is 0.188. The number of nitrogens with zero attached hydrogens (tertiary/aromatic N) is 3. The maximum Gasteiger partial charge on any atom is 0.161 e. The van der Waals surface area contributed by atoms with Crippen LogP contribution in [0.4, 0.5) is 11.5 Å². The Hall–Kier alpha value is -5.84. The van der Waals surface area contributed by atoms with Crippen LogP contribution in [0, 0.1) is 0 Å². The average molecular weight is 644 g/mol. The van der Waals surface area contributed by atoms with Crippen molar-refractivity contribution >= 4 is 65.5 Å². The van der Waals surface area contributed by atoms with E-state index < -0.39 is 0 Å². The summed E-state index contributed by atoms with van der Waals surface area (Å²) in [6.45, 7) is 2.45. The van der Waals surface area contributed by atoms with Gasteiger partial charge in [-0.15, -0.1) is 11.3 Å². The minimum absolute atomic E-state index is 0.0272. The summed E-state index contributed by atoms with van der Waals surface area (Å²) in [5, 5.41) is 6.31. The average Bonchev–Trinajstić information content (AvgIpc) is 3.68. The van der Waals surface area contributed by atoms with Crippen LogP contribution in [0.2, 0.25) is 0 Å². The van der Waals surface area contributed by atoms with E-state index in [1.54, 1.807) is 0 Å². The Morgan fingerprint density at radius 3 is 2.14 bits per heavy atom. The van der Waals surface area contributed by atoms with Gasteiger partial charge in [0.25, 0.3) is 0 Å². The second-order valence-corrected chi connectivity index (χ2v) is 14.5. The third-order valence-corrected chi connectivity index (χ3v) is 12.2. The number of hydrogen-bond donors (Lipinski definition) is 0. The third kappa shape index (κ3) is 3.61. The highest BCUT2D eigenvalue weighted by atomic mass is 32.1. The summed E-state index contributed by atoms with van der Waals surface area (Å²) in [5.41, 5.74) is 9.97. The van der Waals surface area contributed by atoms with E-state index in [2.05, 4.69) is 163 Å². The van der Waals surface area contributed by atoms with E-state index in [1.807, 2.05) is 11.3 Å². The minimum atomic E-state index is -0.329. The Kier molecular flexibility index (Phi) is 5.46. The molecule has 4 heteroatoms. The van der Waals surface area contributed by atoms with Crippen LogP contribution < -0.4 is 4.90 Å². The Morgan fingerprint density at radius 1 is 0.592 bits per heavy atom. The lowest BCUT2D eigenvalue weighted by Crippen LogP contribution is -2.37. The van der Waals surface area contributed by atoms with Gasteiger partial charge < -0.3 is 4.90 Å². The predicted molar refractivity (Wildman–Crippen MR) is 205 cm³/mol. The number of thiophene rings is 1. The topological polar surface area (TPSA) is 29.0 Å². The summed E-state index contributed by atoms with van der Waals surface area (Å²) in [5.74, 6) is 0.891. The largest absolute Gasteiger partial charge is 0.315 e. The molecule has 2 unspecified atom stereocenters. The molecule has 2 aromatic heterocycles. The Balaban J connectivity index is 1.26. The van der Waals surface area contributed by atoms with Crippen LogP contribution in [0.3, 0.4) is 0 Å². The van der Waals surface area contributed by atoms with E-state index >= 15 is 0 Å². The fourth-order valence-electron chi connectivity index (χ4n) is 8.73. The first-order valence-electron chi connectivity index (χ1n) is 16.9. The lowest BCUT2D eigenvalue weighted by molar-refractivity contribution is 0.485. The van der Waals surface area contributed by atoms with Crippen LogP contribution in [-0.4, -0.2) is 9.97 Å². The lowest BCUT2D eigenvalue weighted by Gasteiger charge is -2.41. The van der Waals surface area contributed by atoms with Gasteiger partial charge in [-0.25, -0.2) is 9.97 Å². The molecule has 7 aromatic carbocycles. The molecule has 0 saturated carbocycles.